The lowest BCUT2D eigenvalue weighted by Crippen LogP contribution is -2.52. The van der Waals surface area contributed by atoms with E-state index in [1.165, 1.54) is 12.1 Å². The quantitative estimate of drug-likeness (QED) is 0.250. The third kappa shape index (κ3) is 7.62. The topological polar surface area (TPSA) is 125 Å². The Bertz CT molecular complexity index is 1430. The second-order valence-corrected chi connectivity index (χ2v) is 12.3. The molecular formula is C35H45F2N3O5. The van der Waals surface area contributed by atoms with E-state index in [2.05, 4.69) is 5.32 Å². The number of nitrogens with one attached hydrogen (secondary N) is 1. The standard InChI is InChI=1S/C35H45F2N3O5/c1-5-9-40(10-6-2)33(43)24-11-21(3)18-35(19-24,34(38)44)29(14-22-12-25(36)16-26(37)13-22)31(42)20-39-32-28-17-27(45-4)8-7-23(28)15-30(32)41/h7-8,11-13,16-18,29-32,39,41-42H,5-6,9-10,14-15,19-20H2,1-4H3,(H2,38,44)/t29-,30+,31+,32-,35?/m1/s1. The van der Waals surface area contributed by atoms with Crippen molar-refractivity contribution in [3.8, 4) is 5.75 Å². The Kier molecular flexibility index (Phi) is 11.2. The van der Waals surface area contributed by atoms with Crippen LogP contribution < -0.4 is 15.8 Å². The summed E-state index contributed by atoms with van der Waals surface area (Å²) < 4.78 is 34.0. The van der Waals surface area contributed by atoms with Crippen LogP contribution in [0.5, 0.6) is 5.75 Å². The normalized spacial score (nSPS) is 22.2. The van der Waals surface area contributed by atoms with Crippen LogP contribution in [0.2, 0.25) is 0 Å². The van der Waals surface area contributed by atoms with Gasteiger partial charge in [-0.2, -0.15) is 0 Å². The highest BCUT2D eigenvalue weighted by molar-refractivity contribution is 5.97. The number of benzene rings is 2. The van der Waals surface area contributed by atoms with Crippen molar-refractivity contribution in [3.63, 3.8) is 0 Å². The third-order valence-corrected chi connectivity index (χ3v) is 8.93. The number of methoxy groups -OCH3 is 1. The first-order valence-electron chi connectivity index (χ1n) is 15.6. The van der Waals surface area contributed by atoms with Crippen molar-refractivity contribution in [2.45, 2.75) is 71.1 Å². The number of aliphatic hydroxyl groups is 2. The van der Waals surface area contributed by atoms with Crippen LogP contribution in [-0.4, -0.2) is 65.9 Å². The number of amides is 2. The van der Waals surface area contributed by atoms with E-state index in [1.807, 2.05) is 32.0 Å². The molecule has 8 nitrogen and oxygen atoms in total. The first kappa shape index (κ1) is 34.3. The molecule has 5 atom stereocenters. The SMILES string of the molecule is CCCN(CCC)C(=O)C1=CC(C)=CC(C(N)=O)([C@H](Cc2cc(F)cc(F)c2)[C@@H](O)CN[C@@H]2c3cc(OC)ccc3C[C@@H]2O)C1. The van der Waals surface area contributed by atoms with E-state index in [0.29, 0.717) is 36.4 Å². The molecule has 5 N–H and O–H groups in total. The lowest BCUT2D eigenvalue weighted by atomic mass is 9.63. The summed E-state index contributed by atoms with van der Waals surface area (Å²) in [5, 5.41) is 26.0. The predicted molar refractivity (Wildman–Crippen MR) is 168 cm³/mol. The Balaban J connectivity index is 1.71. The molecule has 10 heteroatoms. The van der Waals surface area contributed by atoms with Gasteiger partial charge in [0, 0.05) is 43.6 Å². The maximum Gasteiger partial charge on any atom is 0.249 e. The second kappa shape index (κ2) is 14.7. The number of nitrogens with two attached hydrogens (primary N) is 1. The van der Waals surface area contributed by atoms with Crippen molar-refractivity contribution < 1.29 is 33.3 Å². The Morgan fingerprint density at radius 1 is 1.13 bits per heavy atom. The van der Waals surface area contributed by atoms with Gasteiger partial charge >= 0.3 is 0 Å². The number of primary amides is 1. The molecule has 0 heterocycles. The van der Waals surface area contributed by atoms with Crippen LogP contribution in [0.1, 0.15) is 62.8 Å². The van der Waals surface area contributed by atoms with Gasteiger partial charge in [0.2, 0.25) is 11.8 Å². The van der Waals surface area contributed by atoms with E-state index in [9.17, 15) is 28.6 Å². The summed E-state index contributed by atoms with van der Waals surface area (Å²) in [5.41, 5.74) is 7.61. The van der Waals surface area contributed by atoms with Crippen molar-refractivity contribution in [1.29, 1.82) is 0 Å². The van der Waals surface area contributed by atoms with E-state index in [1.54, 1.807) is 31.1 Å². The number of carbonyl (C=O) groups is 2. The zero-order chi connectivity index (χ0) is 32.9. The molecule has 2 aliphatic rings. The van der Waals surface area contributed by atoms with Crippen LogP contribution in [0.25, 0.3) is 0 Å². The van der Waals surface area contributed by atoms with Crippen molar-refractivity contribution in [2.24, 2.45) is 17.1 Å². The van der Waals surface area contributed by atoms with Gasteiger partial charge in [0.15, 0.2) is 0 Å². The third-order valence-electron chi connectivity index (χ3n) is 8.93. The Labute approximate surface area is 263 Å². The summed E-state index contributed by atoms with van der Waals surface area (Å²) in [5.74, 6) is -2.89. The molecule has 244 valence electrons. The maximum atomic E-state index is 14.3. The number of fused-ring (bicyclic) bond motifs is 1. The second-order valence-electron chi connectivity index (χ2n) is 12.3. The Morgan fingerprint density at radius 2 is 1.80 bits per heavy atom. The van der Waals surface area contributed by atoms with E-state index in [-0.39, 0.29) is 30.9 Å². The van der Waals surface area contributed by atoms with Crippen molar-refractivity contribution in [2.75, 3.05) is 26.7 Å². The molecule has 0 saturated carbocycles. The average molecular weight is 626 g/mol. The van der Waals surface area contributed by atoms with Crippen molar-refractivity contribution in [1.82, 2.24) is 10.2 Å². The van der Waals surface area contributed by atoms with Crippen LogP contribution >= 0.6 is 0 Å². The summed E-state index contributed by atoms with van der Waals surface area (Å²) in [6.07, 6.45) is 3.12. The minimum atomic E-state index is -1.55. The summed E-state index contributed by atoms with van der Waals surface area (Å²) in [7, 11) is 1.55. The van der Waals surface area contributed by atoms with Gasteiger partial charge in [0.25, 0.3) is 0 Å². The van der Waals surface area contributed by atoms with Gasteiger partial charge in [0.05, 0.1) is 30.8 Å². The van der Waals surface area contributed by atoms with E-state index >= 15 is 0 Å². The van der Waals surface area contributed by atoms with Crippen LogP contribution in [-0.2, 0) is 22.4 Å². The summed E-state index contributed by atoms with van der Waals surface area (Å²) in [6, 6.07) is 8.10. The fourth-order valence-corrected chi connectivity index (χ4v) is 6.92. The molecule has 0 aliphatic heterocycles. The van der Waals surface area contributed by atoms with Gasteiger partial charge in [-0.3, -0.25) is 9.59 Å². The molecule has 1 unspecified atom stereocenters. The Hall–Kier alpha value is -3.60. The van der Waals surface area contributed by atoms with E-state index < -0.39 is 47.1 Å². The molecule has 45 heavy (non-hydrogen) atoms. The first-order chi connectivity index (χ1) is 21.4. The lowest BCUT2D eigenvalue weighted by Gasteiger charge is -2.42. The van der Waals surface area contributed by atoms with Crippen LogP contribution in [0.3, 0.4) is 0 Å². The minimum absolute atomic E-state index is 0.0754. The maximum absolute atomic E-state index is 14.3. The minimum Gasteiger partial charge on any atom is -0.497 e. The molecule has 4 rings (SSSR count). The van der Waals surface area contributed by atoms with Gasteiger partial charge in [-0.25, -0.2) is 8.78 Å². The summed E-state index contributed by atoms with van der Waals surface area (Å²) in [4.78, 5) is 29.0. The Morgan fingerprint density at radius 3 is 2.40 bits per heavy atom. The molecule has 0 radical (unpaired) electrons. The molecule has 2 amide bonds. The highest BCUT2D eigenvalue weighted by atomic mass is 19.1. The number of rotatable bonds is 14. The highest BCUT2D eigenvalue weighted by Crippen LogP contribution is 2.45. The number of nitrogens with zero attached hydrogens (tertiary/aromatic N) is 1. The number of aliphatic hydroxyl groups excluding tert-OH is 2. The van der Waals surface area contributed by atoms with Gasteiger partial charge in [-0.1, -0.05) is 37.6 Å². The van der Waals surface area contributed by atoms with Gasteiger partial charge < -0.3 is 30.9 Å². The smallest absolute Gasteiger partial charge is 0.249 e. The van der Waals surface area contributed by atoms with Crippen LogP contribution in [0.15, 0.2) is 59.7 Å². The fraction of sp³-hybridized carbons (Fsp3) is 0.486. The number of hydrogen-bond donors (Lipinski definition) is 4. The molecule has 2 aromatic rings. The van der Waals surface area contributed by atoms with Gasteiger partial charge in [-0.05, 0) is 73.6 Å². The average Bonchev–Trinajstić information content (AvgIpc) is 3.30. The fourth-order valence-electron chi connectivity index (χ4n) is 6.92. The van der Waals surface area contributed by atoms with Crippen molar-refractivity contribution in [3.05, 3.63) is 88.0 Å². The number of carbonyl (C=O) groups excluding carboxylic acids is 2. The zero-order valence-electron chi connectivity index (χ0n) is 26.5. The lowest BCUT2D eigenvalue weighted by molar-refractivity contribution is -0.132. The van der Waals surface area contributed by atoms with Crippen molar-refractivity contribution >= 4 is 11.8 Å². The molecule has 2 aromatic carbocycles. The van der Waals surface area contributed by atoms with Gasteiger partial charge in [-0.15, -0.1) is 0 Å². The van der Waals surface area contributed by atoms with E-state index in [0.717, 1.165) is 30.0 Å². The van der Waals surface area contributed by atoms with Gasteiger partial charge in [0.1, 0.15) is 17.4 Å². The molecule has 0 spiro atoms. The molecule has 0 fully saturated rings. The molecule has 0 aromatic heterocycles. The van der Waals surface area contributed by atoms with Crippen LogP contribution in [0.4, 0.5) is 8.78 Å². The number of ether oxygens (including phenoxy) is 1. The first-order valence-corrected chi connectivity index (χ1v) is 15.6. The van der Waals surface area contributed by atoms with E-state index in [4.69, 9.17) is 10.5 Å². The monoisotopic (exact) mass is 625 g/mol. The van der Waals surface area contributed by atoms with Crippen LogP contribution in [0, 0.1) is 23.0 Å². The number of allylic oxidation sites excluding steroid dienone is 2. The zero-order valence-corrected chi connectivity index (χ0v) is 26.5. The summed E-state index contributed by atoms with van der Waals surface area (Å²) >= 11 is 0. The number of halogens is 2. The molecule has 0 saturated heterocycles. The summed E-state index contributed by atoms with van der Waals surface area (Å²) in [6.45, 7) is 6.74. The molecule has 0 bridgehead atoms. The predicted octanol–water partition coefficient (Wildman–Crippen LogP) is 4.14. The largest absolute Gasteiger partial charge is 0.497 e. The molecular weight excluding hydrogens is 580 g/mol. The number of hydrogen-bond acceptors (Lipinski definition) is 6. The molecule has 2 aliphatic carbocycles. The highest BCUT2D eigenvalue weighted by Gasteiger charge is 2.49.